The van der Waals surface area contributed by atoms with E-state index >= 15 is 0 Å². The van der Waals surface area contributed by atoms with Crippen LogP contribution >= 0.6 is 0 Å². The number of anilines is 1. The van der Waals surface area contributed by atoms with Crippen molar-refractivity contribution in [1.29, 1.82) is 0 Å². The van der Waals surface area contributed by atoms with Gasteiger partial charge in [-0.05, 0) is 94.3 Å². The molecule has 0 aliphatic carbocycles. The number of methoxy groups -OCH3 is 1. The monoisotopic (exact) mass is 577 g/mol. The number of hydrogen-bond donors (Lipinski definition) is 2. The van der Waals surface area contributed by atoms with Crippen LogP contribution in [0.25, 0.3) is 0 Å². The smallest absolute Gasteiger partial charge is 0.408 e. The van der Waals surface area contributed by atoms with Gasteiger partial charge < -0.3 is 25.0 Å². The number of carbonyl (C=O) groups excluding carboxylic acids is 3. The van der Waals surface area contributed by atoms with Gasteiger partial charge in [-0.1, -0.05) is 45.7 Å². The van der Waals surface area contributed by atoms with Crippen LogP contribution in [0.1, 0.15) is 85.4 Å². The molecule has 0 saturated carbocycles. The molecule has 2 N–H and O–H groups in total. The van der Waals surface area contributed by atoms with Crippen LogP contribution in [0.2, 0.25) is 0 Å². The fraction of sp³-hybridized carbons (Fsp3) is 0.500. The second kappa shape index (κ2) is 15.3. The van der Waals surface area contributed by atoms with E-state index in [-0.39, 0.29) is 17.9 Å². The maximum absolute atomic E-state index is 14.5. The molecule has 0 bridgehead atoms. The largest absolute Gasteiger partial charge is 0.497 e. The van der Waals surface area contributed by atoms with Crippen LogP contribution in [0.3, 0.4) is 0 Å². The number of nitrogens with one attached hydrogen (secondary N) is 2. The SMILES string of the molecule is C#Cc1ccc(C(C(=O)Nc2ccc(OC)cc2)N(C(=O)C(NC(=O)OC(C)(C)C)C(C)C)C(C)CCC(C)C)cc1. The molecule has 2 aromatic carbocycles. The fourth-order valence-corrected chi connectivity index (χ4v) is 4.51. The summed E-state index contributed by atoms with van der Waals surface area (Å²) in [5.41, 5.74) is 1.08. The number of terminal acetylenes is 1. The van der Waals surface area contributed by atoms with E-state index < -0.39 is 29.7 Å². The molecule has 2 aromatic rings. The molecule has 3 atom stereocenters. The van der Waals surface area contributed by atoms with Crippen LogP contribution in [0.15, 0.2) is 48.5 Å². The van der Waals surface area contributed by atoms with Gasteiger partial charge in [-0.3, -0.25) is 9.59 Å². The topological polar surface area (TPSA) is 97.0 Å². The van der Waals surface area contributed by atoms with Gasteiger partial charge in [0.1, 0.15) is 23.4 Å². The number of hydrogen-bond acceptors (Lipinski definition) is 5. The van der Waals surface area contributed by atoms with Crippen molar-refractivity contribution in [3.8, 4) is 18.1 Å². The van der Waals surface area contributed by atoms with E-state index in [0.717, 1.165) is 6.42 Å². The summed E-state index contributed by atoms with van der Waals surface area (Å²) >= 11 is 0. The van der Waals surface area contributed by atoms with Gasteiger partial charge in [-0.2, -0.15) is 0 Å². The van der Waals surface area contributed by atoms with Gasteiger partial charge in [-0.15, -0.1) is 6.42 Å². The van der Waals surface area contributed by atoms with Crippen molar-refractivity contribution in [2.45, 2.75) is 92.0 Å². The highest BCUT2D eigenvalue weighted by molar-refractivity contribution is 5.99. The standard InChI is InChI=1S/C34H47N3O5/c1-11-25-14-16-26(17-15-25)30(31(38)35-27-18-20-28(41-10)21-19-27)37(24(6)13-12-22(2)3)32(39)29(23(4)5)36-33(40)42-34(7,8)9/h1,14-24,29-30H,12-13H2,2-10H3,(H,35,38)(H,36,40). The minimum Gasteiger partial charge on any atom is -0.497 e. The Hall–Kier alpha value is -3.99. The highest BCUT2D eigenvalue weighted by atomic mass is 16.6. The summed E-state index contributed by atoms with van der Waals surface area (Å²) in [5.74, 6) is 2.61. The first-order chi connectivity index (χ1) is 19.7. The minimum absolute atomic E-state index is 0.279. The van der Waals surface area contributed by atoms with Crippen LogP contribution in [0, 0.1) is 24.2 Å². The van der Waals surface area contributed by atoms with Crippen molar-refractivity contribution in [1.82, 2.24) is 10.2 Å². The third kappa shape index (κ3) is 10.1. The summed E-state index contributed by atoms with van der Waals surface area (Å²) in [7, 11) is 1.57. The van der Waals surface area contributed by atoms with E-state index in [1.807, 2.05) is 20.8 Å². The summed E-state index contributed by atoms with van der Waals surface area (Å²) in [6.45, 7) is 15.2. The fourth-order valence-electron chi connectivity index (χ4n) is 4.51. The Morgan fingerprint density at radius 2 is 1.52 bits per heavy atom. The maximum atomic E-state index is 14.5. The summed E-state index contributed by atoms with van der Waals surface area (Å²) in [5, 5.41) is 5.75. The van der Waals surface area contributed by atoms with Crippen LogP contribution in [-0.4, -0.2) is 47.6 Å². The number of benzene rings is 2. The van der Waals surface area contributed by atoms with E-state index in [0.29, 0.717) is 34.9 Å². The lowest BCUT2D eigenvalue weighted by atomic mass is 9.94. The second-order valence-corrected chi connectivity index (χ2v) is 12.3. The Labute approximate surface area is 251 Å². The molecule has 8 nitrogen and oxygen atoms in total. The lowest BCUT2D eigenvalue weighted by molar-refractivity contribution is -0.144. The summed E-state index contributed by atoms with van der Waals surface area (Å²) in [6, 6.07) is 11.8. The highest BCUT2D eigenvalue weighted by Gasteiger charge is 2.40. The Morgan fingerprint density at radius 1 is 0.929 bits per heavy atom. The third-order valence-electron chi connectivity index (χ3n) is 6.77. The van der Waals surface area contributed by atoms with E-state index in [4.69, 9.17) is 15.9 Å². The molecule has 0 aromatic heterocycles. The molecule has 0 fully saturated rings. The minimum atomic E-state index is -1.00. The van der Waals surface area contributed by atoms with Gasteiger partial charge in [0.2, 0.25) is 5.91 Å². The van der Waals surface area contributed by atoms with Crippen molar-refractivity contribution in [2.24, 2.45) is 11.8 Å². The molecular weight excluding hydrogens is 530 g/mol. The van der Waals surface area contributed by atoms with Gasteiger partial charge in [0.25, 0.3) is 5.91 Å². The zero-order valence-electron chi connectivity index (χ0n) is 26.5. The molecule has 0 heterocycles. The number of ether oxygens (including phenoxy) is 2. The van der Waals surface area contributed by atoms with Gasteiger partial charge in [0.05, 0.1) is 7.11 Å². The molecule has 0 radical (unpaired) electrons. The molecular formula is C34H47N3O5. The normalized spacial score (nSPS) is 13.5. The van der Waals surface area contributed by atoms with Gasteiger partial charge in [0, 0.05) is 17.3 Å². The Balaban J connectivity index is 2.62. The summed E-state index contributed by atoms with van der Waals surface area (Å²) in [6.07, 6.45) is 6.41. The van der Waals surface area contributed by atoms with Crippen molar-refractivity contribution in [3.05, 3.63) is 59.7 Å². The summed E-state index contributed by atoms with van der Waals surface area (Å²) in [4.78, 5) is 43.0. The highest BCUT2D eigenvalue weighted by Crippen LogP contribution is 2.30. The van der Waals surface area contributed by atoms with E-state index in [1.165, 1.54) is 0 Å². The molecule has 0 aliphatic rings. The molecule has 0 saturated heterocycles. The maximum Gasteiger partial charge on any atom is 0.408 e. The lowest BCUT2D eigenvalue weighted by Gasteiger charge is -2.39. The van der Waals surface area contributed by atoms with Crippen LogP contribution in [0.5, 0.6) is 5.75 Å². The predicted molar refractivity (Wildman–Crippen MR) is 167 cm³/mol. The number of rotatable bonds is 12. The average Bonchev–Trinajstić information content (AvgIpc) is 2.92. The average molecular weight is 578 g/mol. The number of nitrogens with zero attached hydrogens (tertiary/aromatic N) is 1. The molecule has 2 rings (SSSR count). The van der Waals surface area contributed by atoms with Crippen LogP contribution < -0.4 is 15.4 Å². The Kier molecular flexibility index (Phi) is 12.5. The lowest BCUT2D eigenvalue weighted by Crippen LogP contribution is -2.56. The van der Waals surface area contributed by atoms with Crippen LogP contribution in [-0.2, 0) is 14.3 Å². The number of carbonyl (C=O) groups is 3. The Bertz CT molecular complexity index is 1220. The number of alkyl carbamates (subject to hydrolysis) is 1. The zero-order chi connectivity index (χ0) is 31.6. The molecule has 8 heteroatoms. The molecule has 0 spiro atoms. The predicted octanol–water partition coefficient (Wildman–Crippen LogP) is 6.56. The van der Waals surface area contributed by atoms with Crippen molar-refractivity contribution >= 4 is 23.6 Å². The van der Waals surface area contributed by atoms with E-state index in [1.54, 1.807) is 81.3 Å². The molecule has 0 aliphatic heterocycles. The number of amides is 3. The van der Waals surface area contributed by atoms with Crippen molar-refractivity contribution < 1.29 is 23.9 Å². The molecule has 3 amide bonds. The molecule has 42 heavy (non-hydrogen) atoms. The first-order valence-electron chi connectivity index (χ1n) is 14.5. The van der Waals surface area contributed by atoms with Gasteiger partial charge >= 0.3 is 6.09 Å². The zero-order valence-corrected chi connectivity index (χ0v) is 26.5. The Morgan fingerprint density at radius 3 is 2.00 bits per heavy atom. The quantitative estimate of drug-likeness (QED) is 0.279. The van der Waals surface area contributed by atoms with E-state index in [2.05, 4.69) is 30.4 Å². The van der Waals surface area contributed by atoms with Gasteiger partial charge in [-0.25, -0.2) is 4.79 Å². The van der Waals surface area contributed by atoms with Gasteiger partial charge in [0.15, 0.2) is 0 Å². The first kappa shape index (κ1) is 34.2. The third-order valence-corrected chi connectivity index (χ3v) is 6.77. The van der Waals surface area contributed by atoms with Crippen LogP contribution in [0.4, 0.5) is 10.5 Å². The second-order valence-electron chi connectivity index (χ2n) is 12.3. The summed E-state index contributed by atoms with van der Waals surface area (Å²) < 4.78 is 10.7. The molecule has 228 valence electrons. The van der Waals surface area contributed by atoms with E-state index in [9.17, 15) is 14.4 Å². The van der Waals surface area contributed by atoms with Crippen molar-refractivity contribution in [3.63, 3.8) is 0 Å². The first-order valence-corrected chi connectivity index (χ1v) is 14.5. The van der Waals surface area contributed by atoms with Crippen molar-refractivity contribution in [2.75, 3.05) is 12.4 Å². The molecule has 3 unspecified atom stereocenters.